The normalized spacial score (nSPS) is 14.3. The van der Waals surface area contributed by atoms with Crippen LogP contribution in [0.5, 0.6) is 0 Å². The van der Waals surface area contributed by atoms with Gasteiger partial charge in [-0.1, -0.05) is 25.5 Å². The lowest BCUT2D eigenvalue weighted by Crippen LogP contribution is -2.39. The molecule has 0 fully saturated rings. The smallest absolute Gasteiger partial charge is 0.396 e. The highest BCUT2D eigenvalue weighted by atomic mass is 127. The molecule has 0 aliphatic carbocycles. The van der Waals surface area contributed by atoms with Gasteiger partial charge < -0.3 is 15.7 Å². The Morgan fingerprint density at radius 3 is 2.48 bits per heavy atom. The zero-order valence-corrected chi connectivity index (χ0v) is 18.5. The van der Waals surface area contributed by atoms with Crippen LogP contribution < -0.4 is 10.6 Å². The van der Waals surface area contributed by atoms with Crippen LogP contribution in [0, 0.1) is 5.92 Å². The van der Waals surface area contributed by atoms with Crippen LogP contribution in [-0.4, -0.2) is 30.8 Å². The van der Waals surface area contributed by atoms with E-state index in [2.05, 4.69) is 22.5 Å². The third-order valence-corrected chi connectivity index (χ3v) is 4.15. The van der Waals surface area contributed by atoms with Crippen LogP contribution in [0.2, 0.25) is 0 Å². The van der Waals surface area contributed by atoms with Gasteiger partial charge in [-0.25, -0.2) is 0 Å². The highest BCUT2D eigenvalue weighted by Gasteiger charge is 2.30. The number of guanidine groups is 1. The SMILES string of the molecule is CCCC(CCO)CN=C(NCC)NC(C)c1cccc(C(F)(F)F)c1.I. The summed E-state index contributed by atoms with van der Waals surface area (Å²) in [4.78, 5) is 4.55. The van der Waals surface area contributed by atoms with Gasteiger partial charge in [0.25, 0.3) is 0 Å². The number of nitrogens with one attached hydrogen (secondary N) is 2. The first-order valence-electron chi connectivity index (χ1n) is 9.14. The molecule has 8 heteroatoms. The minimum Gasteiger partial charge on any atom is -0.396 e. The van der Waals surface area contributed by atoms with Gasteiger partial charge in [0.2, 0.25) is 0 Å². The maximum absolute atomic E-state index is 12.9. The van der Waals surface area contributed by atoms with E-state index in [1.165, 1.54) is 6.07 Å². The maximum atomic E-state index is 12.9. The van der Waals surface area contributed by atoms with E-state index in [0.717, 1.165) is 25.0 Å². The van der Waals surface area contributed by atoms with Crippen LogP contribution in [0.25, 0.3) is 0 Å². The van der Waals surface area contributed by atoms with Crippen LogP contribution in [0.1, 0.15) is 57.2 Å². The summed E-state index contributed by atoms with van der Waals surface area (Å²) in [6, 6.07) is 4.99. The summed E-state index contributed by atoms with van der Waals surface area (Å²) in [5.41, 5.74) is -0.109. The van der Waals surface area contributed by atoms with Gasteiger partial charge in [0, 0.05) is 19.7 Å². The van der Waals surface area contributed by atoms with Crippen molar-refractivity contribution >= 4 is 29.9 Å². The summed E-state index contributed by atoms with van der Waals surface area (Å²) >= 11 is 0. The molecule has 0 amide bonds. The van der Waals surface area contributed by atoms with E-state index in [4.69, 9.17) is 5.11 Å². The topological polar surface area (TPSA) is 56.7 Å². The Hall–Kier alpha value is -1.03. The molecule has 1 rings (SSSR count). The van der Waals surface area contributed by atoms with Crippen molar-refractivity contribution in [1.29, 1.82) is 0 Å². The molecule has 0 spiro atoms. The Balaban J connectivity index is 0.00000676. The lowest BCUT2D eigenvalue weighted by Gasteiger charge is -2.20. The molecular formula is C19H31F3IN3O. The Bertz CT molecular complexity index is 561. The van der Waals surface area contributed by atoms with E-state index < -0.39 is 11.7 Å². The number of rotatable bonds is 9. The largest absolute Gasteiger partial charge is 0.416 e. The maximum Gasteiger partial charge on any atom is 0.416 e. The van der Waals surface area contributed by atoms with Crippen molar-refractivity contribution in [1.82, 2.24) is 10.6 Å². The molecule has 0 heterocycles. The van der Waals surface area contributed by atoms with Crippen molar-refractivity contribution < 1.29 is 18.3 Å². The standard InChI is InChI=1S/C19H30F3N3O.HI/c1-4-7-15(10-11-26)13-24-18(23-5-2)25-14(3)16-8-6-9-17(12-16)19(20,21)22;/h6,8-9,12,14-15,26H,4-5,7,10-11,13H2,1-3H3,(H2,23,24,25);1H. The predicted octanol–water partition coefficient (Wildman–Crippen LogP) is 4.74. The van der Waals surface area contributed by atoms with Crippen molar-refractivity contribution in [3.05, 3.63) is 35.4 Å². The fourth-order valence-corrected chi connectivity index (χ4v) is 2.73. The highest BCUT2D eigenvalue weighted by molar-refractivity contribution is 14.0. The van der Waals surface area contributed by atoms with Crippen molar-refractivity contribution in [2.75, 3.05) is 19.7 Å². The van der Waals surface area contributed by atoms with Gasteiger partial charge in [-0.15, -0.1) is 24.0 Å². The Morgan fingerprint density at radius 2 is 1.93 bits per heavy atom. The molecule has 3 N–H and O–H groups in total. The van der Waals surface area contributed by atoms with E-state index >= 15 is 0 Å². The fraction of sp³-hybridized carbons (Fsp3) is 0.632. The molecule has 0 saturated carbocycles. The lowest BCUT2D eigenvalue weighted by atomic mass is 10.0. The van der Waals surface area contributed by atoms with Crippen LogP contribution in [0.15, 0.2) is 29.3 Å². The summed E-state index contributed by atoms with van der Waals surface area (Å²) < 4.78 is 38.7. The van der Waals surface area contributed by atoms with E-state index in [0.29, 0.717) is 37.0 Å². The number of nitrogens with zero attached hydrogens (tertiary/aromatic N) is 1. The number of halogens is 4. The molecule has 156 valence electrons. The minimum absolute atomic E-state index is 0. The van der Waals surface area contributed by atoms with Crippen LogP contribution in [0.3, 0.4) is 0 Å². The third kappa shape index (κ3) is 9.64. The van der Waals surface area contributed by atoms with Crippen LogP contribution in [-0.2, 0) is 6.18 Å². The average Bonchev–Trinajstić information content (AvgIpc) is 2.59. The monoisotopic (exact) mass is 501 g/mol. The van der Waals surface area contributed by atoms with Crippen molar-refractivity contribution in [3.63, 3.8) is 0 Å². The quantitative estimate of drug-likeness (QED) is 0.261. The second-order valence-corrected chi connectivity index (χ2v) is 6.38. The first-order valence-corrected chi connectivity index (χ1v) is 9.14. The summed E-state index contributed by atoms with van der Waals surface area (Å²) in [6.07, 6.45) is -1.66. The van der Waals surface area contributed by atoms with Gasteiger partial charge in [0.05, 0.1) is 11.6 Å². The number of aliphatic hydroxyl groups is 1. The van der Waals surface area contributed by atoms with Gasteiger partial charge in [-0.3, -0.25) is 4.99 Å². The van der Waals surface area contributed by atoms with E-state index in [1.807, 2.05) is 6.92 Å². The minimum atomic E-state index is -4.36. The first kappa shape index (κ1) is 26.0. The summed E-state index contributed by atoms with van der Waals surface area (Å²) in [7, 11) is 0. The zero-order valence-electron chi connectivity index (χ0n) is 16.1. The molecule has 0 aromatic heterocycles. The third-order valence-electron chi connectivity index (χ3n) is 4.15. The molecular weight excluding hydrogens is 470 g/mol. The second-order valence-electron chi connectivity index (χ2n) is 6.38. The number of hydrogen-bond donors (Lipinski definition) is 3. The van der Waals surface area contributed by atoms with Crippen molar-refractivity contribution in [2.45, 2.75) is 52.3 Å². The Kier molecular flexibility index (Phi) is 12.7. The second kappa shape index (κ2) is 13.2. The molecule has 2 atom stereocenters. The molecule has 0 radical (unpaired) electrons. The molecule has 4 nitrogen and oxygen atoms in total. The number of benzene rings is 1. The summed E-state index contributed by atoms with van der Waals surface area (Å²) in [5.74, 6) is 0.862. The van der Waals surface area contributed by atoms with Crippen molar-refractivity contribution in [3.8, 4) is 0 Å². The van der Waals surface area contributed by atoms with Gasteiger partial charge in [0.1, 0.15) is 0 Å². The Labute approximate surface area is 177 Å². The first-order chi connectivity index (χ1) is 12.3. The zero-order chi connectivity index (χ0) is 19.6. The lowest BCUT2D eigenvalue weighted by molar-refractivity contribution is -0.137. The molecule has 0 bridgehead atoms. The highest BCUT2D eigenvalue weighted by Crippen LogP contribution is 2.30. The molecule has 0 saturated heterocycles. The van der Waals surface area contributed by atoms with E-state index in [9.17, 15) is 13.2 Å². The fourth-order valence-electron chi connectivity index (χ4n) is 2.73. The van der Waals surface area contributed by atoms with Crippen molar-refractivity contribution in [2.24, 2.45) is 10.9 Å². The number of alkyl halides is 3. The molecule has 27 heavy (non-hydrogen) atoms. The van der Waals surface area contributed by atoms with E-state index in [1.54, 1.807) is 13.0 Å². The van der Waals surface area contributed by atoms with Gasteiger partial charge in [-0.2, -0.15) is 13.2 Å². The molecule has 0 aliphatic heterocycles. The molecule has 0 aliphatic rings. The molecule has 1 aromatic carbocycles. The Morgan fingerprint density at radius 1 is 1.22 bits per heavy atom. The van der Waals surface area contributed by atoms with E-state index in [-0.39, 0.29) is 36.6 Å². The molecule has 1 aromatic rings. The predicted molar refractivity (Wildman–Crippen MR) is 114 cm³/mol. The number of aliphatic hydroxyl groups excluding tert-OH is 1. The van der Waals surface area contributed by atoms with Gasteiger partial charge in [-0.05, 0) is 50.3 Å². The molecule has 2 unspecified atom stereocenters. The summed E-state index contributed by atoms with van der Waals surface area (Å²) in [5, 5.41) is 15.4. The average molecular weight is 501 g/mol. The van der Waals surface area contributed by atoms with Gasteiger partial charge in [0.15, 0.2) is 5.96 Å². The van der Waals surface area contributed by atoms with Crippen LogP contribution in [0.4, 0.5) is 13.2 Å². The summed E-state index contributed by atoms with van der Waals surface area (Å²) in [6.45, 7) is 7.18. The number of aliphatic imine (C=N–C) groups is 1. The van der Waals surface area contributed by atoms with Crippen LogP contribution >= 0.6 is 24.0 Å². The van der Waals surface area contributed by atoms with Gasteiger partial charge >= 0.3 is 6.18 Å². The number of hydrogen-bond acceptors (Lipinski definition) is 2.